The molecule has 0 aliphatic heterocycles. The van der Waals surface area contributed by atoms with Gasteiger partial charge in [-0.05, 0) is 30.3 Å². The van der Waals surface area contributed by atoms with E-state index in [1.54, 1.807) is 30.3 Å². The zero-order chi connectivity index (χ0) is 18.4. The molecule has 0 aliphatic carbocycles. The minimum absolute atomic E-state index is 0.275. The second-order valence-corrected chi connectivity index (χ2v) is 4.79. The molecule has 0 bridgehead atoms. The Labute approximate surface area is 141 Å². The summed E-state index contributed by atoms with van der Waals surface area (Å²) in [5, 5.41) is 24.3. The van der Waals surface area contributed by atoms with Crippen molar-refractivity contribution in [3.05, 3.63) is 80.9 Å². The first-order valence-electron chi connectivity index (χ1n) is 7.00. The summed E-state index contributed by atoms with van der Waals surface area (Å²) in [5.74, 6) is -0.180. The first-order chi connectivity index (χ1) is 11.9. The summed E-state index contributed by atoms with van der Waals surface area (Å²) in [6, 6.07) is 9.19. The van der Waals surface area contributed by atoms with Crippen LogP contribution in [0.3, 0.4) is 0 Å². The van der Waals surface area contributed by atoms with Crippen LogP contribution in [0.2, 0.25) is 0 Å². The van der Waals surface area contributed by atoms with Gasteiger partial charge in [0.25, 0.3) is 17.3 Å². The number of carbonyl (C=O) groups is 1. The van der Waals surface area contributed by atoms with Crippen molar-refractivity contribution in [3.8, 4) is 5.75 Å². The Morgan fingerprint density at radius 2 is 1.80 bits per heavy atom. The van der Waals surface area contributed by atoms with E-state index in [-0.39, 0.29) is 5.56 Å². The van der Waals surface area contributed by atoms with E-state index in [4.69, 9.17) is 4.74 Å². The zero-order valence-electron chi connectivity index (χ0n) is 12.9. The molecule has 0 saturated heterocycles. The fourth-order valence-electron chi connectivity index (χ4n) is 1.96. The first kappa shape index (κ1) is 17.6. The largest absolute Gasteiger partial charge is 0.490 e. The Kier molecular flexibility index (Phi) is 5.41. The fraction of sp³-hybridized carbons (Fsp3) is 0.0625. The average molecular weight is 343 g/mol. The van der Waals surface area contributed by atoms with Gasteiger partial charge < -0.3 is 10.1 Å². The number of ether oxygens (including phenoxy) is 1. The van der Waals surface area contributed by atoms with Gasteiger partial charge in [0.1, 0.15) is 17.9 Å². The molecule has 0 saturated carbocycles. The van der Waals surface area contributed by atoms with Crippen molar-refractivity contribution in [1.29, 1.82) is 0 Å². The highest BCUT2D eigenvalue weighted by molar-refractivity contribution is 6.07. The van der Waals surface area contributed by atoms with Crippen LogP contribution >= 0.6 is 0 Å². The van der Waals surface area contributed by atoms with Gasteiger partial charge in [0.15, 0.2) is 0 Å². The van der Waals surface area contributed by atoms with Gasteiger partial charge in [-0.25, -0.2) is 0 Å². The van der Waals surface area contributed by atoms with E-state index in [0.717, 1.165) is 18.2 Å². The van der Waals surface area contributed by atoms with Crippen molar-refractivity contribution >= 4 is 23.0 Å². The summed E-state index contributed by atoms with van der Waals surface area (Å²) in [7, 11) is 0. The second kappa shape index (κ2) is 7.68. The van der Waals surface area contributed by atoms with E-state index in [1.165, 1.54) is 0 Å². The lowest BCUT2D eigenvalue weighted by Crippen LogP contribution is -2.14. The van der Waals surface area contributed by atoms with Gasteiger partial charge >= 0.3 is 0 Å². The molecule has 25 heavy (non-hydrogen) atoms. The summed E-state index contributed by atoms with van der Waals surface area (Å²) in [6.45, 7) is 3.86. The monoisotopic (exact) mass is 343 g/mol. The molecule has 9 heteroatoms. The lowest BCUT2D eigenvalue weighted by atomic mass is 10.1. The van der Waals surface area contributed by atoms with Gasteiger partial charge in [-0.15, -0.1) is 0 Å². The number of carbonyl (C=O) groups excluding carboxylic acids is 1. The van der Waals surface area contributed by atoms with Crippen molar-refractivity contribution in [2.45, 2.75) is 0 Å². The summed E-state index contributed by atoms with van der Waals surface area (Å²) >= 11 is 0. The van der Waals surface area contributed by atoms with Crippen molar-refractivity contribution in [1.82, 2.24) is 0 Å². The van der Waals surface area contributed by atoms with Gasteiger partial charge in [0.05, 0.1) is 15.9 Å². The third-order valence-corrected chi connectivity index (χ3v) is 3.11. The van der Waals surface area contributed by atoms with E-state index < -0.39 is 27.1 Å². The second-order valence-electron chi connectivity index (χ2n) is 4.79. The first-order valence-corrected chi connectivity index (χ1v) is 7.00. The number of nitro groups is 2. The van der Waals surface area contributed by atoms with Crippen LogP contribution in [0.4, 0.5) is 17.1 Å². The highest BCUT2D eigenvalue weighted by Crippen LogP contribution is 2.26. The zero-order valence-corrected chi connectivity index (χ0v) is 12.9. The number of benzene rings is 2. The maximum atomic E-state index is 12.2. The molecule has 1 N–H and O–H groups in total. The summed E-state index contributed by atoms with van der Waals surface area (Å²) in [4.78, 5) is 32.4. The lowest BCUT2D eigenvalue weighted by Gasteiger charge is -2.07. The number of hydrogen-bond donors (Lipinski definition) is 1. The number of nitrogens with one attached hydrogen (secondary N) is 1. The molecule has 0 spiro atoms. The normalized spacial score (nSPS) is 9.92. The third kappa shape index (κ3) is 4.38. The van der Waals surface area contributed by atoms with E-state index >= 15 is 0 Å². The maximum Gasteiger partial charge on any atom is 0.289 e. The standard InChI is InChI=1S/C16H13N3O6/c1-2-9-25-13-6-3-11(4-7-13)17-16(20)14-8-5-12(18(21)22)10-15(14)19(23)24/h2-8,10H,1,9H2,(H,17,20). The number of anilines is 1. The number of rotatable bonds is 7. The van der Waals surface area contributed by atoms with Crippen molar-refractivity contribution in [2.75, 3.05) is 11.9 Å². The van der Waals surface area contributed by atoms with Gasteiger partial charge in [-0.1, -0.05) is 12.7 Å². The number of amides is 1. The van der Waals surface area contributed by atoms with E-state index in [9.17, 15) is 25.0 Å². The van der Waals surface area contributed by atoms with Crippen LogP contribution < -0.4 is 10.1 Å². The molecule has 128 valence electrons. The van der Waals surface area contributed by atoms with E-state index in [0.29, 0.717) is 18.0 Å². The molecular weight excluding hydrogens is 330 g/mol. The van der Waals surface area contributed by atoms with Crippen molar-refractivity contribution in [2.24, 2.45) is 0 Å². The smallest absolute Gasteiger partial charge is 0.289 e. The molecule has 0 heterocycles. The van der Waals surface area contributed by atoms with Gasteiger partial charge in [-0.3, -0.25) is 25.0 Å². The highest BCUT2D eigenvalue weighted by atomic mass is 16.6. The van der Waals surface area contributed by atoms with Crippen LogP contribution in [0.25, 0.3) is 0 Å². The molecule has 0 aromatic heterocycles. The summed E-state index contributed by atoms with van der Waals surface area (Å²) in [5.41, 5.74) is -0.990. The molecule has 2 aromatic carbocycles. The van der Waals surface area contributed by atoms with Crippen LogP contribution in [0.1, 0.15) is 10.4 Å². The molecule has 0 atom stereocenters. The minimum Gasteiger partial charge on any atom is -0.490 e. The molecule has 2 aromatic rings. The average Bonchev–Trinajstić information content (AvgIpc) is 2.60. The Hall–Kier alpha value is -3.75. The molecule has 0 fully saturated rings. The van der Waals surface area contributed by atoms with Crippen molar-refractivity contribution in [3.63, 3.8) is 0 Å². The van der Waals surface area contributed by atoms with E-state index in [2.05, 4.69) is 11.9 Å². The third-order valence-electron chi connectivity index (χ3n) is 3.11. The van der Waals surface area contributed by atoms with Crippen LogP contribution in [-0.4, -0.2) is 22.4 Å². The summed E-state index contributed by atoms with van der Waals surface area (Å²) < 4.78 is 5.30. The Balaban J connectivity index is 2.21. The number of nitro benzene ring substituents is 2. The summed E-state index contributed by atoms with van der Waals surface area (Å²) in [6.07, 6.45) is 1.59. The number of hydrogen-bond acceptors (Lipinski definition) is 6. The van der Waals surface area contributed by atoms with E-state index in [1.807, 2.05) is 0 Å². The Morgan fingerprint density at radius 1 is 1.12 bits per heavy atom. The molecule has 2 rings (SSSR count). The topological polar surface area (TPSA) is 125 Å². The van der Waals surface area contributed by atoms with Crippen LogP contribution in [0.5, 0.6) is 5.75 Å². The predicted octanol–water partition coefficient (Wildman–Crippen LogP) is 3.32. The van der Waals surface area contributed by atoms with Crippen LogP contribution in [0.15, 0.2) is 55.1 Å². The number of nitrogens with zero attached hydrogens (tertiary/aromatic N) is 2. The quantitative estimate of drug-likeness (QED) is 0.467. The molecule has 9 nitrogen and oxygen atoms in total. The molecule has 0 radical (unpaired) electrons. The SMILES string of the molecule is C=CCOc1ccc(NC(=O)c2ccc([N+](=O)[O-])cc2[N+](=O)[O-])cc1. The molecule has 0 aliphatic rings. The Morgan fingerprint density at radius 3 is 2.36 bits per heavy atom. The lowest BCUT2D eigenvalue weighted by molar-refractivity contribution is -0.394. The van der Waals surface area contributed by atoms with Gasteiger partial charge in [0, 0.05) is 11.8 Å². The molecule has 0 unspecified atom stereocenters. The minimum atomic E-state index is -0.839. The number of non-ortho nitro benzene ring substituents is 1. The maximum absolute atomic E-state index is 12.2. The predicted molar refractivity (Wildman–Crippen MR) is 89.8 cm³/mol. The molecule has 1 amide bonds. The fourth-order valence-corrected chi connectivity index (χ4v) is 1.96. The van der Waals surface area contributed by atoms with Crippen LogP contribution in [-0.2, 0) is 0 Å². The highest BCUT2D eigenvalue weighted by Gasteiger charge is 2.24. The molecular formula is C16H13N3O6. The van der Waals surface area contributed by atoms with Crippen molar-refractivity contribution < 1.29 is 19.4 Å². The van der Waals surface area contributed by atoms with Gasteiger partial charge in [-0.2, -0.15) is 0 Å². The van der Waals surface area contributed by atoms with Gasteiger partial charge in [0.2, 0.25) is 0 Å². The van der Waals surface area contributed by atoms with Crippen LogP contribution in [0, 0.1) is 20.2 Å². The Bertz CT molecular complexity index is 832.